The van der Waals surface area contributed by atoms with Crippen molar-refractivity contribution in [3.8, 4) is 0 Å². The molecule has 1 unspecified atom stereocenters. The molecule has 83 heavy (non-hydrogen) atoms. The van der Waals surface area contributed by atoms with Gasteiger partial charge in [0.2, 0.25) is 0 Å². The summed E-state index contributed by atoms with van der Waals surface area (Å²) in [5.41, 5.74) is 0. The van der Waals surface area contributed by atoms with Gasteiger partial charge in [0.15, 0.2) is 6.10 Å². The molecule has 6 nitrogen and oxygen atoms in total. The minimum absolute atomic E-state index is 0.0884. The lowest BCUT2D eigenvalue weighted by molar-refractivity contribution is -0.167. The number of ether oxygens (including phenoxy) is 3. The molecule has 0 rings (SSSR count). The molecular weight excluding hydrogens is 1020 g/mol. The molecule has 0 N–H and O–H groups in total. The summed E-state index contributed by atoms with van der Waals surface area (Å²) in [5.74, 6) is -0.901. The van der Waals surface area contributed by atoms with Gasteiger partial charge in [-0.05, 0) is 135 Å². The third-order valence-electron chi connectivity index (χ3n) is 14.6. The van der Waals surface area contributed by atoms with Crippen molar-refractivity contribution in [3.05, 3.63) is 134 Å². The van der Waals surface area contributed by atoms with Crippen LogP contribution < -0.4 is 0 Å². The molecule has 472 valence electrons. The number of carbonyl (C=O) groups is 3. The maximum absolute atomic E-state index is 13.0. The van der Waals surface area contributed by atoms with Gasteiger partial charge < -0.3 is 14.2 Å². The van der Waals surface area contributed by atoms with Crippen LogP contribution in [0.15, 0.2) is 134 Å². The van der Waals surface area contributed by atoms with Crippen LogP contribution in [0.3, 0.4) is 0 Å². The summed E-state index contributed by atoms with van der Waals surface area (Å²) in [7, 11) is 0. The highest BCUT2D eigenvalue weighted by atomic mass is 16.6. The van der Waals surface area contributed by atoms with E-state index in [2.05, 4.69) is 154 Å². The molecule has 0 saturated carbocycles. The first-order valence-corrected chi connectivity index (χ1v) is 34.7. The number of hydrogen-bond acceptors (Lipinski definition) is 6. The zero-order chi connectivity index (χ0) is 59.9. The largest absolute Gasteiger partial charge is 0.462 e. The molecule has 0 aliphatic rings. The van der Waals surface area contributed by atoms with Crippen molar-refractivity contribution in [3.63, 3.8) is 0 Å². The molecule has 0 radical (unpaired) electrons. The SMILES string of the molecule is CC/C=C\C/C=C\C/C=C\C/C=C\C/C=C\C/C=C\CCCCCCCCCCCCC(=O)OCC(COC(=O)CCCCCCC/C=C\CCCCCCCC)OC(=O)CCCCCCCCCC/C=C\C/C=C\C/C=C\C/C=C\CC. The Morgan fingerprint density at radius 1 is 0.253 bits per heavy atom. The highest BCUT2D eigenvalue weighted by Crippen LogP contribution is 2.16. The Kier molecular flexibility index (Phi) is 66.3. The van der Waals surface area contributed by atoms with Gasteiger partial charge in [-0.2, -0.15) is 0 Å². The second kappa shape index (κ2) is 70.0. The lowest BCUT2D eigenvalue weighted by atomic mass is 10.1. The minimum atomic E-state index is -0.794. The van der Waals surface area contributed by atoms with Crippen LogP contribution in [0.5, 0.6) is 0 Å². The van der Waals surface area contributed by atoms with E-state index in [1.54, 1.807) is 0 Å². The Morgan fingerprint density at radius 2 is 0.470 bits per heavy atom. The fourth-order valence-corrected chi connectivity index (χ4v) is 9.49. The van der Waals surface area contributed by atoms with Crippen molar-refractivity contribution in [2.24, 2.45) is 0 Å². The van der Waals surface area contributed by atoms with Gasteiger partial charge in [0.05, 0.1) is 0 Å². The Balaban J connectivity index is 4.36. The average molecular weight is 1150 g/mol. The van der Waals surface area contributed by atoms with Gasteiger partial charge in [0.25, 0.3) is 0 Å². The molecule has 0 aromatic carbocycles. The minimum Gasteiger partial charge on any atom is -0.462 e. The first kappa shape index (κ1) is 78.5. The van der Waals surface area contributed by atoms with E-state index in [-0.39, 0.29) is 31.1 Å². The van der Waals surface area contributed by atoms with Gasteiger partial charge in [-0.25, -0.2) is 0 Å². The van der Waals surface area contributed by atoms with Crippen LogP contribution in [-0.2, 0) is 28.6 Å². The predicted octanol–water partition coefficient (Wildman–Crippen LogP) is 24.1. The second-order valence-electron chi connectivity index (χ2n) is 22.7. The fraction of sp³-hybridized carbons (Fsp3) is 0.675. The normalized spacial score (nSPS) is 13.0. The molecule has 0 spiro atoms. The van der Waals surface area contributed by atoms with Crippen molar-refractivity contribution in [1.29, 1.82) is 0 Å². The molecule has 0 fully saturated rings. The van der Waals surface area contributed by atoms with Crippen molar-refractivity contribution in [2.75, 3.05) is 13.2 Å². The molecule has 0 saturated heterocycles. The highest BCUT2D eigenvalue weighted by Gasteiger charge is 2.19. The van der Waals surface area contributed by atoms with E-state index in [9.17, 15) is 14.4 Å². The summed E-state index contributed by atoms with van der Waals surface area (Å²) in [6.45, 7) is 6.41. The highest BCUT2D eigenvalue weighted by molar-refractivity contribution is 5.71. The summed E-state index contributed by atoms with van der Waals surface area (Å²) in [6.07, 6.45) is 98.9. The molecule has 0 aromatic rings. The van der Waals surface area contributed by atoms with Crippen LogP contribution in [0, 0.1) is 0 Å². The number of rotatable bonds is 62. The van der Waals surface area contributed by atoms with Gasteiger partial charge in [0, 0.05) is 19.3 Å². The van der Waals surface area contributed by atoms with Crippen LogP contribution in [0.25, 0.3) is 0 Å². The molecule has 0 heterocycles. The number of esters is 3. The van der Waals surface area contributed by atoms with Crippen molar-refractivity contribution in [1.82, 2.24) is 0 Å². The first-order valence-electron chi connectivity index (χ1n) is 34.7. The van der Waals surface area contributed by atoms with E-state index in [4.69, 9.17) is 14.2 Å². The maximum atomic E-state index is 13.0. The lowest BCUT2D eigenvalue weighted by Gasteiger charge is -2.18. The summed E-state index contributed by atoms with van der Waals surface area (Å²) in [5, 5.41) is 0. The van der Waals surface area contributed by atoms with Gasteiger partial charge in [0.1, 0.15) is 13.2 Å². The monoisotopic (exact) mass is 1150 g/mol. The Hall–Kier alpha value is -4.45. The average Bonchev–Trinajstić information content (AvgIpc) is 3.49. The van der Waals surface area contributed by atoms with E-state index in [1.165, 1.54) is 141 Å². The van der Waals surface area contributed by atoms with Gasteiger partial charge in [-0.15, -0.1) is 0 Å². The van der Waals surface area contributed by atoms with Crippen LogP contribution >= 0.6 is 0 Å². The third kappa shape index (κ3) is 68.2. The molecule has 0 bridgehead atoms. The zero-order valence-corrected chi connectivity index (χ0v) is 54.2. The van der Waals surface area contributed by atoms with Gasteiger partial charge in [-0.1, -0.05) is 296 Å². The Labute approximate surface area is 513 Å². The fourth-order valence-electron chi connectivity index (χ4n) is 9.49. The van der Waals surface area contributed by atoms with E-state index in [1.807, 2.05) is 0 Å². The van der Waals surface area contributed by atoms with Crippen molar-refractivity contribution >= 4 is 17.9 Å². The lowest BCUT2D eigenvalue weighted by Crippen LogP contribution is -2.30. The molecule has 6 heteroatoms. The van der Waals surface area contributed by atoms with E-state index >= 15 is 0 Å². The molecular formula is C77H128O6. The molecule has 1 atom stereocenters. The quantitative estimate of drug-likeness (QED) is 0.0261. The standard InChI is InChI=1S/C77H128O6/c1-4-7-10-13-16-19-22-25-28-30-32-34-35-36-37-38-39-40-41-43-44-46-49-52-55-58-61-64-67-70-76(79)82-73-74(72-81-75(78)69-66-63-60-57-54-51-48-27-24-21-18-15-12-9-6-3)83-77(80)71-68-65-62-59-56-53-50-47-45-42-33-31-29-26-23-20-17-14-11-8-5-2/h7-8,10-11,16-17,19-20,25-29,32-34,36-37,39-40,42,48,74H,4-6,9,12-15,18,21-24,30-31,35,38,41,43-47,49-73H2,1-3H3/b10-7-,11-8-,19-16-,20-17-,28-25-,29-26-,34-32-,37-36-,40-39-,42-33-,48-27-. The molecule has 0 aromatic heterocycles. The summed E-state index contributed by atoms with van der Waals surface area (Å²) in [4.78, 5) is 38.5. The number of carbonyl (C=O) groups excluding carboxylic acids is 3. The third-order valence-corrected chi connectivity index (χ3v) is 14.6. The van der Waals surface area contributed by atoms with Crippen molar-refractivity contribution < 1.29 is 28.6 Å². The van der Waals surface area contributed by atoms with Gasteiger partial charge >= 0.3 is 17.9 Å². The Bertz CT molecular complexity index is 1750. The smallest absolute Gasteiger partial charge is 0.306 e. The predicted molar refractivity (Wildman–Crippen MR) is 362 cm³/mol. The zero-order valence-electron chi connectivity index (χ0n) is 54.2. The van der Waals surface area contributed by atoms with E-state index < -0.39 is 6.10 Å². The maximum Gasteiger partial charge on any atom is 0.306 e. The summed E-state index contributed by atoms with van der Waals surface area (Å²) in [6, 6.07) is 0. The number of unbranched alkanes of at least 4 members (excludes halogenated alkanes) is 29. The van der Waals surface area contributed by atoms with Gasteiger partial charge in [-0.3, -0.25) is 14.4 Å². The second-order valence-corrected chi connectivity index (χ2v) is 22.7. The molecule has 0 amide bonds. The molecule has 0 aliphatic heterocycles. The van der Waals surface area contributed by atoms with Crippen molar-refractivity contribution in [2.45, 2.75) is 322 Å². The topological polar surface area (TPSA) is 78.9 Å². The summed E-state index contributed by atoms with van der Waals surface area (Å²) < 4.78 is 17.0. The first-order chi connectivity index (χ1) is 41.0. The Morgan fingerprint density at radius 3 is 0.747 bits per heavy atom. The number of allylic oxidation sites excluding steroid dienone is 22. The summed E-state index contributed by atoms with van der Waals surface area (Å²) >= 11 is 0. The molecule has 0 aliphatic carbocycles. The number of hydrogen-bond donors (Lipinski definition) is 0. The van der Waals surface area contributed by atoms with Crippen LogP contribution in [0.2, 0.25) is 0 Å². The van der Waals surface area contributed by atoms with E-state index in [0.29, 0.717) is 19.3 Å². The van der Waals surface area contributed by atoms with Crippen LogP contribution in [0.1, 0.15) is 316 Å². The van der Waals surface area contributed by atoms with Crippen LogP contribution in [-0.4, -0.2) is 37.2 Å². The van der Waals surface area contributed by atoms with Crippen LogP contribution in [0.4, 0.5) is 0 Å². The van der Waals surface area contributed by atoms with E-state index in [0.717, 1.165) is 135 Å².